The Hall–Kier alpha value is -1.60. The van der Waals surface area contributed by atoms with E-state index in [-0.39, 0.29) is 0 Å². The molecule has 13 heavy (non-hydrogen) atoms. The van der Waals surface area contributed by atoms with Crippen molar-refractivity contribution in [1.82, 2.24) is 9.97 Å². The second kappa shape index (κ2) is 5.12. The Labute approximate surface area is 76.9 Å². The molecule has 0 aromatic carbocycles. The Kier molecular flexibility index (Phi) is 3.74. The Morgan fingerprint density at radius 3 is 3.00 bits per heavy atom. The van der Waals surface area contributed by atoms with Crippen molar-refractivity contribution in [3.05, 3.63) is 18.1 Å². The fourth-order valence-electron chi connectivity index (χ4n) is 0.703. The Morgan fingerprint density at radius 1 is 1.46 bits per heavy atom. The highest BCUT2D eigenvalue weighted by Crippen LogP contribution is 2.01. The number of hydrogen-bond donors (Lipinski definition) is 0. The maximum atomic E-state index is 4.91. The van der Waals surface area contributed by atoms with Gasteiger partial charge in [-0.25, -0.2) is 4.98 Å². The van der Waals surface area contributed by atoms with E-state index in [1.807, 2.05) is 0 Å². The topological polar surface area (TPSA) is 44.2 Å². The van der Waals surface area contributed by atoms with Gasteiger partial charge in [0.25, 0.3) is 0 Å². The van der Waals surface area contributed by atoms with Crippen LogP contribution in [0.2, 0.25) is 0 Å². The molecule has 4 nitrogen and oxygen atoms in total. The molecule has 0 saturated carbocycles. The molecule has 0 radical (unpaired) electrons. The molecule has 0 amide bonds. The van der Waals surface area contributed by atoms with E-state index >= 15 is 0 Å². The van der Waals surface area contributed by atoms with Gasteiger partial charge in [0, 0.05) is 19.4 Å². The van der Waals surface area contributed by atoms with Gasteiger partial charge in [-0.3, -0.25) is 0 Å². The quantitative estimate of drug-likeness (QED) is 0.618. The molecule has 1 heterocycles. The lowest BCUT2D eigenvalue weighted by Gasteiger charge is -1.95. The summed E-state index contributed by atoms with van der Waals surface area (Å²) in [6.45, 7) is 0.376. The summed E-state index contributed by atoms with van der Waals surface area (Å²) in [6, 6.07) is 1.67. The van der Waals surface area contributed by atoms with Crippen molar-refractivity contribution in [3.8, 4) is 17.7 Å². The molecule has 0 aliphatic heterocycles. The Bertz CT molecular complexity index is 328. The van der Waals surface area contributed by atoms with Gasteiger partial charge in [0.2, 0.25) is 11.7 Å². The highest BCUT2D eigenvalue weighted by molar-refractivity contribution is 5.23. The van der Waals surface area contributed by atoms with Crippen molar-refractivity contribution < 1.29 is 9.47 Å². The van der Waals surface area contributed by atoms with Crippen molar-refractivity contribution in [2.75, 3.05) is 20.8 Å². The molecular formula is C9H10N2O2. The van der Waals surface area contributed by atoms with E-state index in [4.69, 9.17) is 9.47 Å². The smallest absolute Gasteiger partial charge is 0.217 e. The summed E-state index contributed by atoms with van der Waals surface area (Å²) in [6.07, 6.45) is 1.60. The lowest BCUT2D eigenvalue weighted by Crippen LogP contribution is -1.93. The van der Waals surface area contributed by atoms with Crippen LogP contribution in [0.4, 0.5) is 0 Å². The van der Waals surface area contributed by atoms with Crippen molar-refractivity contribution in [2.45, 2.75) is 0 Å². The number of ether oxygens (including phenoxy) is 2. The van der Waals surface area contributed by atoms with Crippen LogP contribution in [0.15, 0.2) is 12.3 Å². The van der Waals surface area contributed by atoms with E-state index < -0.39 is 0 Å². The van der Waals surface area contributed by atoms with Crippen LogP contribution in [-0.2, 0) is 4.74 Å². The maximum Gasteiger partial charge on any atom is 0.217 e. The lowest BCUT2D eigenvalue weighted by molar-refractivity contribution is 0.240. The first-order chi connectivity index (χ1) is 6.36. The number of methoxy groups -OCH3 is 2. The Balaban J connectivity index is 2.73. The van der Waals surface area contributed by atoms with E-state index in [1.165, 1.54) is 0 Å². The molecule has 0 spiro atoms. The summed E-state index contributed by atoms with van der Waals surface area (Å²) >= 11 is 0. The fraction of sp³-hybridized carbons (Fsp3) is 0.333. The van der Waals surface area contributed by atoms with Crippen molar-refractivity contribution in [1.29, 1.82) is 0 Å². The van der Waals surface area contributed by atoms with Crippen LogP contribution < -0.4 is 4.74 Å². The molecular weight excluding hydrogens is 168 g/mol. The molecule has 0 saturated heterocycles. The third kappa shape index (κ3) is 3.09. The normalized spacial score (nSPS) is 8.77. The van der Waals surface area contributed by atoms with Crippen molar-refractivity contribution in [3.63, 3.8) is 0 Å². The summed E-state index contributed by atoms with van der Waals surface area (Å²) in [5.41, 5.74) is 0. The largest absolute Gasteiger partial charge is 0.481 e. The van der Waals surface area contributed by atoms with Crippen LogP contribution in [0.3, 0.4) is 0 Å². The van der Waals surface area contributed by atoms with Crippen LogP contribution in [0, 0.1) is 11.8 Å². The molecule has 0 atom stereocenters. The second-order valence-electron chi connectivity index (χ2n) is 2.16. The molecule has 0 aliphatic carbocycles. The zero-order valence-corrected chi connectivity index (χ0v) is 7.57. The van der Waals surface area contributed by atoms with E-state index in [2.05, 4.69) is 21.8 Å². The number of hydrogen-bond acceptors (Lipinski definition) is 4. The average Bonchev–Trinajstić information content (AvgIpc) is 2.19. The minimum absolute atomic E-state index is 0.376. The van der Waals surface area contributed by atoms with Crippen LogP contribution in [0.1, 0.15) is 5.82 Å². The van der Waals surface area contributed by atoms with Crippen LogP contribution in [0.25, 0.3) is 0 Å². The van der Waals surface area contributed by atoms with Gasteiger partial charge in [-0.2, -0.15) is 4.98 Å². The monoisotopic (exact) mass is 178 g/mol. The van der Waals surface area contributed by atoms with E-state index in [1.54, 1.807) is 26.5 Å². The van der Waals surface area contributed by atoms with Gasteiger partial charge in [0.05, 0.1) is 7.11 Å². The predicted molar refractivity (Wildman–Crippen MR) is 47.3 cm³/mol. The zero-order valence-electron chi connectivity index (χ0n) is 7.57. The average molecular weight is 178 g/mol. The van der Waals surface area contributed by atoms with Crippen molar-refractivity contribution in [2.24, 2.45) is 0 Å². The van der Waals surface area contributed by atoms with Crippen LogP contribution in [0.5, 0.6) is 5.88 Å². The zero-order chi connectivity index (χ0) is 9.52. The van der Waals surface area contributed by atoms with Gasteiger partial charge in [-0.05, 0) is 5.92 Å². The maximum absolute atomic E-state index is 4.91. The minimum atomic E-state index is 0.376. The first kappa shape index (κ1) is 9.49. The minimum Gasteiger partial charge on any atom is -0.481 e. The Morgan fingerprint density at radius 2 is 2.31 bits per heavy atom. The van der Waals surface area contributed by atoms with Gasteiger partial charge in [-0.1, -0.05) is 5.92 Å². The summed E-state index contributed by atoms with van der Waals surface area (Å²) in [4.78, 5) is 7.94. The molecule has 0 bridgehead atoms. The lowest BCUT2D eigenvalue weighted by atomic mass is 10.5. The summed E-state index contributed by atoms with van der Waals surface area (Å²) in [5.74, 6) is 6.44. The third-order valence-electron chi connectivity index (χ3n) is 1.26. The first-order valence-electron chi connectivity index (χ1n) is 3.71. The molecule has 1 rings (SSSR count). The highest BCUT2D eigenvalue weighted by Gasteiger charge is 1.93. The van der Waals surface area contributed by atoms with Gasteiger partial charge in [0.1, 0.15) is 6.61 Å². The summed E-state index contributed by atoms with van der Waals surface area (Å²) in [5, 5.41) is 0. The van der Waals surface area contributed by atoms with Crippen LogP contribution >= 0.6 is 0 Å². The molecule has 0 fully saturated rings. The van der Waals surface area contributed by atoms with Gasteiger partial charge >= 0.3 is 0 Å². The predicted octanol–water partition coefficient (Wildman–Crippen LogP) is 0.483. The fourth-order valence-corrected chi connectivity index (χ4v) is 0.703. The van der Waals surface area contributed by atoms with Crippen LogP contribution in [-0.4, -0.2) is 30.8 Å². The van der Waals surface area contributed by atoms with Gasteiger partial charge < -0.3 is 9.47 Å². The third-order valence-corrected chi connectivity index (χ3v) is 1.26. The molecule has 0 N–H and O–H groups in total. The van der Waals surface area contributed by atoms with E-state index in [0.29, 0.717) is 18.3 Å². The van der Waals surface area contributed by atoms with Crippen molar-refractivity contribution >= 4 is 0 Å². The number of rotatable bonds is 2. The molecule has 0 aliphatic rings. The van der Waals surface area contributed by atoms with Gasteiger partial charge in [0.15, 0.2) is 0 Å². The molecule has 1 aromatic heterocycles. The molecule has 1 aromatic rings. The van der Waals surface area contributed by atoms with E-state index in [9.17, 15) is 0 Å². The molecule has 4 heteroatoms. The first-order valence-corrected chi connectivity index (χ1v) is 3.71. The molecule has 68 valence electrons. The number of nitrogens with zero attached hydrogens (tertiary/aromatic N) is 2. The van der Waals surface area contributed by atoms with Gasteiger partial charge in [-0.15, -0.1) is 0 Å². The highest BCUT2D eigenvalue weighted by atomic mass is 16.5. The number of aromatic nitrogens is 2. The summed E-state index contributed by atoms with van der Waals surface area (Å²) in [7, 11) is 3.13. The molecule has 0 unspecified atom stereocenters. The SMILES string of the molecule is COCC#Cc1nccc(OC)n1. The van der Waals surface area contributed by atoms with E-state index in [0.717, 1.165) is 0 Å². The summed E-state index contributed by atoms with van der Waals surface area (Å²) < 4.78 is 9.67. The standard InChI is InChI=1S/C9H10N2O2/c1-12-7-3-4-8-10-6-5-9(11-8)13-2/h5-6H,7H2,1-2H3. The second-order valence-corrected chi connectivity index (χ2v) is 2.16.